The molecule has 1 unspecified atom stereocenters. The quantitative estimate of drug-likeness (QED) is 0.877. The van der Waals surface area contributed by atoms with Gasteiger partial charge < -0.3 is 10.0 Å². The van der Waals surface area contributed by atoms with Gasteiger partial charge >= 0.3 is 6.09 Å². The third-order valence-corrected chi connectivity index (χ3v) is 4.66. The van der Waals surface area contributed by atoms with Crippen molar-refractivity contribution in [2.45, 2.75) is 32.2 Å². The summed E-state index contributed by atoms with van der Waals surface area (Å²) < 4.78 is 0. The molecule has 0 radical (unpaired) electrons. The van der Waals surface area contributed by atoms with Gasteiger partial charge in [-0.2, -0.15) is 0 Å². The number of carbonyl (C=O) groups is 2. The van der Waals surface area contributed by atoms with Crippen LogP contribution in [-0.2, 0) is 16.8 Å². The molecule has 0 fully saturated rings. The molecule has 2 aromatic carbocycles. The summed E-state index contributed by atoms with van der Waals surface area (Å²) in [6.07, 6.45) is 0.461. The number of carboxylic acid groups (broad SMARTS) is 1. The largest absolute Gasteiger partial charge is 0.465 e. The van der Waals surface area contributed by atoms with Crippen LogP contribution in [0.5, 0.6) is 0 Å². The summed E-state index contributed by atoms with van der Waals surface area (Å²) >= 11 is 0. The molecular formula is C19H20N2O3. The number of anilines is 2. The monoisotopic (exact) mass is 324 g/mol. The van der Waals surface area contributed by atoms with Crippen LogP contribution in [-0.4, -0.2) is 17.1 Å². The highest BCUT2D eigenvalue weighted by molar-refractivity contribution is 5.95. The summed E-state index contributed by atoms with van der Waals surface area (Å²) in [4.78, 5) is 25.1. The number of nitrogens with zero attached hydrogens (tertiary/aromatic N) is 1. The average Bonchev–Trinajstić information content (AvgIpc) is 2.55. The fourth-order valence-corrected chi connectivity index (χ4v) is 3.55. The minimum atomic E-state index is -1.09. The number of hydrogen-bond acceptors (Lipinski definition) is 2. The van der Waals surface area contributed by atoms with Crippen LogP contribution in [0.4, 0.5) is 16.2 Å². The van der Waals surface area contributed by atoms with Crippen molar-refractivity contribution in [3.8, 4) is 0 Å². The number of rotatable bonds is 2. The van der Waals surface area contributed by atoms with Gasteiger partial charge in [0.25, 0.3) is 0 Å². The van der Waals surface area contributed by atoms with Gasteiger partial charge in [0.1, 0.15) is 0 Å². The maximum absolute atomic E-state index is 12.4. The van der Waals surface area contributed by atoms with E-state index in [2.05, 4.69) is 12.2 Å². The molecular weight excluding hydrogens is 304 g/mol. The Bertz CT molecular complexity index is 788. The topological polar surface area (TPSA) is 69.6 Å². The molecule has 1 atom stereocenters. The van der Waals surface area contributed by atoms with Crippen LogP contribution in [0.2, 0.25) is 0 Å². The van der Waals surface area contributed by atoms with Crippen LogP contribution >= 0.6 is 0 Å². The molecule has 1 aliphatic rings. The van der Waals surface area contributed by atoms with Crippen molar-refractivity contribution in [3.63, 3.8) is 0 Å². The van der Waals surface area contributed by atoms with Crippen molar-refractivity contribution in [2.24, 2.45) is 0 Å². The van der Waals surface area contributed by atoms with Gasteiger partial charge in [-0.3, -0.25) is 10.1 Å². The van der Waals surface area contributed by atoms with Crippen molar-refractivity contribution in [1.29, 1.82) is 0 Å². The summed E-state index contributed by atoms with van der Waals surface area (Å²) in [5.74, 6) is -0.0266. The number of aryl methyl sites for hydroxylation is 1. The van der Waals surface area contributed by atoms with Gasteiger partial charge in [0.2, 0.25) is 5.91 Å². The third kappa shape index (κ3) is 2.73. The summed E-state index contributed by atoms with van der Waals surface area (Å²) in [6, 6.07) is 15.3. The zero-order valence-electron chi connectivity index (χ0n) is 13.7. The normalized spacial score (nSPS) is 19.5. The summed E-state index contributed by atoms with van der Waals surface area (Å²) in [5, 5.41) is 11.2. The molecule has 3 rings (SSSR count). The first-order valence-corrected chi connectivity index (χ1v) is 7.91. The number of fused-ring (bicyclic) bond motifs is 1. The second kappa shape index (κ2) is 6.00. The lowest BCUT2D eigenvalue weighted by Crippen LogP contribution is -2.50. The van der Waals surface area contributed by atoms with Crippen LogP contribution in [0.3, 0.4) is 0 Å². The van der Waals surface area contributed by atoms with Gasteiger partial charge in [0, 0.05) is 18.3 Å². The van der Waals surface area contributed by atoms with Crippen molar-refractivity contribution in [2.75, 3.05) is 10.2 Å². The van der Waals surface area contributed by atoms with E-state index in [-0.39, 0.29) is 5.91 Å². The maximum Gasteiger partial charge on any atom is 0.409 e. The van der Waals surface area contributed by atoms with Gasteiger partial charge in [-0.1, -0.05) is 30.3 Å². The standard InChI is InChI=1S/C19H20N2O3/c1-13(22)21-17-9-8-16(20-18(23)24)12-14(17)10-11-19(21,2)15-6-4-3-5-7-15/h3-9,12,20H,10-11H2,1-2H3,(H,23,24). The van der Waals surface area contributed by atoms with Crippen LogP contribution in [0.1, 0.15) is 31.4 Å². The van der Waals surface area contributed by atoms with Crippen molar-refractivity contribution >= 4 is 23.4 Å². The molecule has 1 aliphatic heterocycles. The highest BCUT2D eigenvalue weighted by Crippen LogP contribution is 2.43. The van der Waals surface area contributed by atoms with Crippen LogP contribution in [0, 0.1) is 0 Å². The second-order valence-corrected chi connectivity index (χ2v) is 6.27. The Kier molecular flexibility index (Phi) is 4.01. The second-order valence-electron chi connectivity index (χ2n) is 6.27. The molecule has 0 bridgehead atoms. The molecule has 5 heteroatoms. The number of nitrogens with one attached hydrogen (secondary N) is 1. The number of amides is 2. The zero-order chi connectivity index (χ0) is 17.3. The van der Waals surface area contributed by atoms with Crippen LogP contribution < -0.4 is 10.2 Å². The molecule has 24 heavy (non-hydrogen) atoms. The minimum absolute atomic E-state index is 0.0266. The molecule has 0 spiro atoms. The van der Waals surface area contributed by atoms with Gasteiger partial charge in [-0.25, -0.2) is 4.79 Å². The molecule has 2 N–H and O–H groups in total. The van der Waals surface area contributed by atoms with Gasteiger partial charge in [0.15, 0.2) is 0 Å². The van der Waals surface area contributed by atoms with Gasteiger partial charge in [0.05, 0.1) is 5.54 Å². The Labute approximate surface area is 140 Å². The smallest absolute Gasteiger partial charge is 0.409 e. The fourth-order valence-electron chi connectivity index (χ4n) is 3.55. The van der Waals surface area contributed by atoms with Gasteiger partial charge in [-0.05, 0) is 49.1 Å². The SMILES string of the molecule is CC(=O)N1c2ccc(NC(=O)O)cc2CCC1(C)c1ccccc1. The Morgan fingerprint density at radius 3 is 2.50 bits per heavy atom. The number of hydrogen-bond donors (Lipinski definition) is 2. The lowest BCUT2D eigenvalue weighted by atomic mass is 9.80. The molecule has 0 aliphatic carbocycles. The number of carbonyl (C=O) groups excluding carboxylic acids is 1. The number of benzene rings is 2. The lowest BCUT2D eigenvalue weighted by Gasteiger charge is -2.46. The van der Waals surface area contributed by atoms with Crippen molar-refractivity contribution in [1.82, 2.24) is 0 Å². The van der Waals surface area contributed by atoms with E-state index in [1.165, 1.54) is 0 Å². The Morgan fingerprint density at radius 2 is 1.88 bits per heavy atom. The summed E-state index contributed by atoms with van der Waals surface area (Å²) in [6.45, 7) is 3.65. The van der Waals surface area contributed by atoms with E-state index >= 15 is 0 Å². The van der Waals surface area contributed by atoms with E-state index in [0.29, 0.717) is 5.69 Å². The fraction of sp³-hybridized carbons (Fsp3) is 0.263. The van der Waals surface area contributed by atoms with Crippen molar-refractivity contribution < 1.29 is 14.7 Å². The molecule has 0 saturated carbocycles. The van der Waals surface area contributed by atoms with E-state index in [0.717, 1.165) is 29.7 Å². The molecule has 1 heterocycles. The van der Waals surface area contributed by atoms with E-state index in [4.69, 9.17) is 5.11 Å². The molecule has 2 amide bonds. The summed E-state index contributed by atoms with van der Waals surface area (Å²) in [7, 11) is 0. The van der Waals surface area contributed by atoms with E-state index in [9.17, 15) is 9.59 Å². The molecule has 0 aromatic heterocycles. The van der Waals surface area contributed by atoms with Crippen LogP contribution in [0.25, 0.3) is 0 Å². The van der Waals surface area contributed by atoms with E-state index in [1.807, 2.05) is 47.4 Å². The van der Waals surface area contributed by atoms with E-state index in [1.54, 1.807) is 13.0 Å². The first-order valence-electron chi connectivity index (χ1n) is 7.91. The molecule has 5 nitrogen and oxygen atoms in total. The molecule has 0 saturated heterocycles. The Hall–Kier alpha value is -2.82. The first-order chi connectivity index (χ1) is 11.4. The highest BCUT2D eigenvalue weighted by Gasteiger charge is 2.40. The van der Waals surface area contributed by atoms with Crippen LogP contribution in [0.15, 0.2) is 48.5 Å². The first kappa shape index (κ1) is 16.1. The zero-order valence-corrected chi connectivity index (χ0v) is 13.7. The summed E-state index contributed by atoms with van der Waals surface area (Å²) in [5.41, 5.74) is 3.02. The predicted molar refractivity (Wildman–Crippen MR) is 93.4 cm³/mol. The minimum Gasteiger partial charge on any atom is -0.465 e. The average molecular weight is 324 g/mol. The lowest BCUT2D eigenvalue weighted by molar-refractivity contribution is -0.118. The Balaban J connectivity index is 2.07. The Morgan fingerprint density at radius 1 is 1.17 bits per heavy atom. The molecule has 124 valence electrons. The van der Waals surface area contributed by atoms with E-state index < -0.39 is 11.6 Å². The maximum atomic E-state index is 12.4. The van der Waals surface area contributed by atoms with Gasteiger partial charge in [-0.15, -0.1) is 0 Å². The third-order valence-electron chi connectivity index (χ3n) is 4.66. The highest BCUT2D eigenvalue weighted by atomic mass is 16.4. The predicted octanol–water partition coefficient (Wildman–Crippen LogP) is 3.99. The molecule has 2 aromatic rings. The van der Waals surface area contributed by atoms with Crippen molar-refractivity contribution in [3.05, 3.63) is 59.7 Å².